The molecular formula is C28H34N2. The van der Waals surface area contributed by atoms with Crippen LogP contribution in [-0.2, 0) is 13.0 Å². The summed E-state index contributed by atoms with van der Waals surface area (Å²) in [5, 5.41) is 0. The molecule has 1 fully saturated rings. The predicted molar refractivity (Wildman–Crippen MR) is 127 cm³/mol. The lowest BCUT2D eigenvalue weighted by Gasteiger charge is -2.25. The molecule has 1 aliphatic rings. The van der Waals surface area contributed by atoms with Gasteiger partial charge in [-0.1, -0.05) is 48.5 Å². The number of benzene rings is 2. The third-order valence-corrected chi connectivity index (χ3v) is 6.45. The number of hydrogen-bond acceptors (Lipinski definition) is 2. The molecule has 0 N–H and O–H groups in total. The van der Waals surface area contributed by atoms with Gasteiger partial charge in [-0.25, -0.2) is 0 Å². The van der Waals surface area contributed by atoms with E-state index in [1.807, 2.05) is 0 Å². The molecule has 0 unspecified atom stereocenters. The molecule has 0 saturated heterocycles. The van der Waals surface area contributed by atoms with Gasteiger partial charge in [-0.3, -0.25) is 9.88 Å². The van der Waals surface area contributed by atoms with Crippen LogP contribution in [0.2, 0.25) is 0 Å². The highest BCUT2D eigenvalue weighted by atomic mass is 15.1. The molecule has 1 aromatic heterocycles. The normalized spacial score (nSPS) is 13.8. The van der Waals surface area contributed by atoms with Gasteiger partial charge in [0, 0.05) is 30.9 Å². The first-order valence-corrected chi connectivity index (χ1v) is 11.3. The Morgan fingerprint density at radius 3 is 2.20 bits per heavy atom. The Bertz CT molecular complexity index is 959. The Balaban J connectivity index is 1.55. The maximum absolute atomic E-state index is 5.07. The summed E-state index contributed by atoms with van der Waals surface area (Å²) < 4.78 is 0. The summed E-state index contributed by atoms with van der Waals surface area (Å²) in [5.41, 5.74) is 10.4. The standard InChI is InChI=1S/C28H34N2/c1-20-9-8-10-21(2)28(20)27-17-22(3)26(23(4)29-27)19-30(18-25-13-14-25)16-15-24-11-6-5-7-12-24/h5-12,17,25H,13-16,18-19H2,1-4H3. The zero-order valence-electron chi connectivity index (χ0n) is 18.9. The van der Waals surface area contributed by atoms with E-state index < -0.39 is 0 Å². The van der Waals surface area contributed by atoms with Gasteiger partial charge in [0.2, 0.25) is 0 Å². The van der Waals surface area contributed by atoms with Crippen LogP contribution in [0.5, 0.6) is 0 Å². The van der Waals surface area contributed by atoms with Crippen molar-refractivity contribution < 1.29 is 0 Å². The molecule has 0 spiro atoms. The lowest BCUT2D eigenvalue weighted by atomic mass is 9.96. The van der Waals surface area contributed by atoms with Gasteiger partial charge >= 0.3 is 0 Å². The van der Waals surface area contributed by atoms with Gasteiger partial charge in [-0.15, -0.1) is 0 Å². The van der Waals surface area contributed by atoms with E-state index in [1.165, 1.54) is 58.5 Å². The molecule has 0 aliphatic heterocycles. The smallest absolute Gasteiger partial charge is 0.0713 e. The van der Waals surface area contributed by atoms with E-state index in [0.29, 0.717) is 0 Å². The molecule has 4 rings (SSSR count). The SMILES string of the molecule is Cc1cc(-c2c(C)cccc2C)nc(C)c1CN(CCc1ccccc1)CC1CC1. The number of aryl methyl sites for hydroxylation is 4. The van der Waals surface area contributed by atoms with Gasteiger partial charge in [0.25, 0.3) is 0 Å². The fraction of sp³-hybridized carbons (Fsp3) is 0.393. The summed E-state index contributed by atoms with van der Waals surface area (Å²) >= 11 is 0. The second kappa shape index (κ2) is 9.14. The number of pyridine rings is 1. The maximum Gasteiger partial charge on any atom is 0.0713 e. The summed E-state index contributed by atoms with van der Waals surface area (Å²) in [7, 11) is 0. The van der Waals surface area contributed by atoms with Gasteiger partial charge in [0.15, 0.2) is 0 Å². The molecule has 0 radical (unpaired) electrons. The zero-order valence-corrected chi connectivity index (χ0v) is 18.9. The highest BCUT2D eigenvalue weighted by molar-refractivity contribution is 5.68. The Morgan fingerprint density at radius 1 is 0.867 bits per heavy atom. The van der Waals surface area contributed by atoms with Crippen LogP contribution < -0.4 is 0 Å². The van der Waals surface area contributed by atoms with E-state index in [9.17, 15) is 0 Å². The Morgan fingerprint density at radius 2 is 1.57 bits per heavy atom. The summed E-state index contributed by atoms with van der Waals surface area (Å²) in [6, 6.07) is 19.7. The summed E-state index contributed by atoms with van der Waals surface area (Å²) in [4.78, 5) is 7.72. The van der Waals surface area contributed by atoms with Crippen molar-refractivity contribution in [1.82, 2.24) is 9.88 Å². The lowest BCUT2D eigenvalue weighted by Crippen LogP contribution is -2.29. The first-order valence-electron chi connectivity index (χ1n) is 11.3. The van der Waals surface area contributed by atoms with Crippen LogP contribution in [0, 0.1) is 33.6 Å². The molecule has 2 nitrogen and oxygen atoms in total. The lowest BCUT2D eigenvalue weighted by molar-refractivity contribution is 0.256. The number of hydrogen-bond donors (Lipinski definition) is 0. The number of aromatic nitrogens is 1. The second-order valence-corrected chi connectivity index (χ2v) is 9.07. The second-order valence-electron chi connectivity index (χ2n) is 9.07. The Hall–Kier alpha value is -2.45. The van der Waals surface area contributed by atoms with Crippen LogP contribution in [0.15, 0.2) is 54.6 Å². The van der Waals surface area contributed by atoms with Crippen LogP contribution in [0.3, 0.4) is 0 Å². The first kappa shape index (κ1) is 20.8. The van der Waals surface area contributed by atoms with Gasteiger partial charge in [-0.2, -0.15) is 0 Å². The van der Waals surface area contributed by atoms with Crippen LogP contribution in [0.1, 0.15) is 46.4 Å². The van der Waals surface area contributed by atoms with Crippen molar-refractivity contribution in [1.29, 1.82) is 0 Å². The van der Waals surface area contributed by atoms with Gasteiger partial charge < -0.3 is 0 Å². The molecule has 1 saturated carbocycles. The fourth-order valence-corrected chi connectivity index (χ4v) is 4.50. The monoisotopic (exact) mass is 398 g/mol. The molecule has 1 aliphatic carbocycles. The van der Waals surface area contributed by atoms with Crippen molar-refractivity contribution in [2.45, 2.75) is 53.5 Å². The zero-order chi connectivity index (χ0) is 21.1. The molecule has 2 aromatic carbocycles. The average molecular weight is 399 g/mol. The van der Waals surface area contributed by atoms with Crippen molar-refractivity contribution in [3.05, 3.63) is 88.1 Å². The Labute approximate surface area is 182 Å². The van der Waals surface area contributed by atoms with Crippen molar-refractivity contribution in [2.24, 2.45) is 5.92 Å². The van der Waals surface area contributed by atoms with Crippen LogP contribution in [0.25, 0.3) is 11.3 Å². The molecule has 156 valence electrons. The summed E-state index contributed by atoms with van der Waals surface area (Å²) in [5.74, 6) is 0.892. The Kier molecular flexibility index (Phi) is 6.34. The molecule has 0 amide bonds. The van der Waals surface area contributed by atoms with E-state index in [2.05, 4.69) is 87.2 Å². The minimum absolute atomic E-state index is 0.892. The van der Waals surface area contributed by atoms with Crippen LogP contribution in [-0.4, -0.2) is 23.0 Å². The molecule has 0 bridgehead atoms. The number of rotatable bonds is 8. The minimum atomic E-state index is 0.892. The third kappa shape index (κ3) is 4.99. The van der Waals surface area contributed by atoms with E-state index in [1.54, 1.807) is 0 Å². The van der Waals surface area contributed by atoms with Crippen LogP contribution in [0.4, 0.5) is 0 Å². The minimum Gasteiger partial charge on any atom is -0.298 e. The largest absolute Gasteiger partial charge is 0.298 e. The third-order valence-electron chi connectivity index (χ3n) is 6.45. The highest BCUT2D eigenvalue weighted by Gasteiger charge is 2.25. The topological polar surface area (TPSA) is 16.1 Å². The summed E-state index contributed by atoms with van der Waals surface area (Å²) in [6.45, 7) is 12.1. The van der Waals surface area contributed by atoms with Crippen molar-refractivity contribution in [2.75, 3.05) is 13.1 Å². The quantitative estimate of drug-likeness (QED) is 0.434. The van der Waals surface area contributed by atoms with Crippen molar-refractivity contribution in [3.63, 3.8) is 0 Å². The van der Waals surface area contributed by atoms with E-state index >= 15 is 0 Å². The van der Waals surface area contributed by atoms with Gasteiger partial charge in [-0.05, 0) is 86.8 Å². The van der Waals surface area contributed by atoms with Crippen LogP contribution >= 0.6 is 0 Å². The first-order chi connectivity index (χ1) is 14.5. The van der Waals surface area contributed by atoms with E-state index in [-0.39, 0.29) is 0 Å². The maximum atomic E-state index is 5.07. The fourth-order valence-electron chi connectivity index (χ4n) is 4.50. The van der Waals surface area contributed by atoms with Gasteiger partial charge in [0.1, 0.15) is 0 Å². The predicted octanol–water partition coefficient (Wildman–Crippen LogP) is 6.44. The van der Waals surface area contributed by atoms with E-state index in [0.717, 1.165) is 31.1 Å². The molecule has 0 atom stereocenters. The van der Waals surface area contributed by atoms with E-state index in [4.69, 9.17) is 4.98 Å². The average Bonchev–Trinajstić information content (AvgIpc) is 3.53. The highest BCUT2D eigenvalue weighted by Crippen LogP contribution is 2.32. The molecule has 1 heterocycles. The van der Waals surface area contributed by atoms with Crippen molar-refractivity contribution in [3.8, 4) is 11.3 Å². The molecular weight excluding hydrogens is 364 g/mol. The molecule has 3 aromatic rings. The molecule has 2 heteroatoms. The summed E-state index contributed by atoms with van der Waals surface area (Å²) in [6.07, 6.45) is 3.90. The van der Waals surface area contributed by atoms with Gasteiger partial charge in [0.05, 0.1) is 5.69 Å². The number of nitrogens with zero attached hydrogens (tertiary/aromatic N) is 2. The molecule has 30 heavy (non-hydrogen) atoms. The van der Waals surface area contributed by atoms with Crippen molar-refractivity contribution >= 4 is 0 Å².